The van der Waals surface area contributed by atoms with Gasteiger partial charge in [0.15, 0.2) is 17.5 Å². The van der Waals surface area contributed by atoms with Gasteiger partial charge in [0.2, 0.25) is 0 Å². The molecule has 0 heterocycles. The predicted molar refractivity (Wildman–Crippen MR) is 97.9 cm³/mol. The second-order valence-corrected chi connectivity index (χ2v) is 5.67. The first-order valence-corrected chi connectivity index (χ1v) is 7.94. The Morgan fingerprint density at radius 3 is 2.43 bits per heavy atom. The molecule has 0 unspecified atom stereocenters. The maximum Gasteiger partial charge on any atom is 0.267 e. The molecule has 3 aromatic rings. The summed E-state index contributed by atoms with van der Waals surface area (Å²) in [5.74, 6) is -5.28. The molecule has 0 fully saturated rings. The molecule has 3 rings (SSSR count). The zero-order chi connectivity index (χ0) is 20.3. The molecule has 0 aliphatic rings. The Hall–Kier alpha value is -3.99. The molecular weight excluding hydrogens is 371 g/mol. The van der Waals surface area contributed by atoms with Gasteiger partial charge in [0, 0.05) is 22.7 Å². The Balaban J connectivity index is 1.85. The maximum absolute atomic E-state index is 13.7. The predicted octanol–water partition coefficient (Wildman–Crippen LogP) is 4.42. The van der Waals surface area contributed by atoms with Gasteiger partial charge in [-0.15, -0.1) is 0 Å². The Labute approximate surface area is 157 Å². The van der Waals surface area contributed by atoms with Gasteiger partial charge in [-0.1, -0.05) is 24.3 Å². The molecule has 1 amide bonds. The van der Waals surface area contributed by atoms with Crippen molar-refractivity contribution in [3.8, 4) is 11.8 Å². The Bertz CT molecular complexity index is 1150. The number of carbonyl (C=O) groups is 1. The van der Waals surface area contributed by atoms with Gasteiger partial charge in [0.05, 0.1) is 5.69 Å². The number of nitrogens with zero attached hydrogens (tertiary/aromatic N) is 1. The molecule has 3 aromatic carbocycles. The lowest BCUT2D eigenvalue weighted by Crippen LogP contribution is -2.15. The first-order valence-electron chi connectivity index (χ1n) is 7.94. The minimum absolute atomic E-state index is 0.0279. The van der Waals surface area contributed by atoms with Crippen molar-refractivity contribution in [2.45, 2.75) is 0 Å². The largest absolute Gasteiger partial charge is 0.507 e. The number of hydrogen-bond acceptors (Lipinski definition) is 4. The van der Waals surface area contributed by atoms with Crippen LogP contribution in [0.2, 0.25) is 0 Å². The van der Waals surface area contributed by atoms with Crippen LogP contribution in [-0.2, 0) is 4.79 Å². The standard InChI is InChI=1S/C20H12F3N3O2/c21-14-7-8-16(19(23)18(14)22)25-10-11(9-24)20(28)26-15-5-1-4-13-12(15)3-2-6-17(13)27/h1-8,10,25,27H,(H,26,28)/b11-10-. The number of nitrogens with one attached hydrogen (secondary N) is 2. The molecule has 8 heteroatoms. The molecule has 0 bridgehead atoms. The van der Waals surface area contributed by atoms with E-state index in [9.17, 15) is 28.3 Å². The number of hydrogen-bond donors (Lipinski definition) is 3. The normalized spacial score (nSPS) is 11.1. The summed E-state index contributed by atoms with van der Waals surface area (Å²) in [5.41, 5.74) is -0.519. The number of phenolic OH excluding ortho intramolecular Hbond substituents is 1. The van der Waals surface area contributed by atoms with Crippen molar-refractivity contribution in [2.75, 3.05) is 10.6 Å². The zero-order valence-electron chi connectivity index (χ0n) is 14.1. The number of fused-ring (bicyclic) bond motifs is 1. The van der Waals surface area contributed by atoms with E-state index in [1.807, 2.05) is 0 Å². The lowest BCUT2D eigenvalue weighted by molar-refractivity contribution is -0.112. The molecule has 3 N–H and O–H groups in total. The monoisotopic (exact) mass is 383 g/mol. The fraction of sp³-hybridized carbons (Fsp3) is 0. The lowest BCUT2D eigenvalue weighted by Gasteiger charge is -2.09. The molecule has 0 radical (unpaired) electrons. The van der Waals surface area contributed by atoms with Gasteiger partial charge in [0.1, 0.15) is 17.4 Å². The van der Waals surface area contributed by atoms with Gasteiger partial charge >= 0.3 is 0 Å². The number of benzene rings is 3. The smallest absolute Gasteiger partial charge is 0.267 e. The van der Waals surface area contributed by atoms with Crippen molar-refractivity contribution in [1.29, 1.82) is 5.26 Å². The highest BCUT2D eigenvalue weighted by atomic mass is 19.2. The number of phenols is 1. The highest BCUT2D eigenvalue weighted by Crippen LogP contribution is 2.30. The molecular formula is C20H12F3N3O2. The summed E-state index contributed by atoms with van der Waals surface area (Å²) in [4.78, 5) is 12.4. The van der Waals surface area contributed by atoms with E-state index in [0.29, 0.717) is 22.5 Å². The van der Waals surface area contributed by atoms with Crippen LogP contribution in [0.4, 0.5) is 24.5 Å². The Morgan fingerprint density at radius 2 is 1.68 bits per heavy atom. The van der Waals surface area contributed by atoms with E-state index in [1.54, 1.807) is 36.4 Å². The fourth-order valence-electron chi connectivity index (χ4n) is 2.53. The number of aromatic hydroxyl groups is 1. The van der Waals surface area contributed by atoms with Crippen LogP contribution >= 0.6 is 0 Å². The molecule has 0 aromatic heterocycles. The summed E-state index contributed by atoms with van der Waals surface area (Å²) in [5, 5.41) is 24.9. The van der Waals surface area contributed by atoms with Crippen LogP contribution in [0, 0.1) is 28.8 Å². The average Bonchev–Trinajstić information content (AvgIpc) is 2.69. The third-order valence-corrected chi connectivity index (χ3v) is 3.92. The quantitative estimate of drug-likeness (QED) is 0.354. The van der Waals surface area contributed by atoms with Crippen molar-refractivity contribution in [1.82, 2.24) is 0 Å². The van der Waals surface area contributed by atoms with Crippen LogP contribution in [-0.4, -0.2) is 11.0 Å². The van der Waals surface area contributed by atoms with E-state index >= 15 is 0 Å². The summed E-state index contributed by atoms with van der Waals surface area (Å²) in [6.07, 6.45) is 0.883. The van der Waals surface area contributed by atoms with Gasteiger partial charge in [0.25, 0.3) is 5.91 Å². The number of nitriles is 1. The molecule has 0 aliphatic heterocycles. The Morgan fingerprint density at radius 1 is 0.964 bits per heavy atom. The molecule has 140 valence electrons. The van der Waals surface area contributed by atoms with Crippen molar-refractivity contribution in [3.63, 3.8) is 0 Å². The topological polar surface area (TPSA) is 85.2 Å². The lowest BCUT2D eigenvalue weighted by atomic mass is 10.1. The average molecular weight is 383 g/mol. The van der Waals surface area contributed by atoms with Crippen molar-refractivity contribution in [3.05, 3.63) is 77.8 Å². The highest BCUT2D eigenvalue weighted by Gasteiger charge is 2.15. The SMILES string of the molecule is N#C/C(=C/Nc1ccc(F)c(F)c1F)C(=O)Nc1cccc2c(O)cccc12. The van der Waals surface area contributed by atoms with Gasteiger partial charge in [-0.25, -0.2) is 13.2 Å². The summed E-state index contributed by atoms with van der Waals surface area (Å²) < 4.78 is 39.9. The molecule has 0 saturated heterocycles. The first-order chi connectivity index (χ1) is 13.4. The summed E-state index contributed by atoms with van der Waals surface area (Å²) in [6, 6.07) is 12.9. The van der Waals surface area contributed by atoms with E-state index < -0.39 is 34.6 Å². The third-order valence-electron chi connectivity index (χ3n) is 3.92. The van der Waals surface area contributed by atoms with Crippen LogP contribution in [0.25, 0.3) is 10.8 Å². The molecule has 0 spiro atoms. The number of carbonyl (C=O) groups excluding carboxylic acids is 1. The van der Waals surface area contributed by atoms with Gasteiger partial charge in [-0.3, -0.25) is 4.79 Å². The second kappa shape index (κ2) is 7.72. The van der Waals surface area contributed by atoms with Crippen LogP contribution in [0.15, 0.2) is 60.3 Å². The zero-order valence-corrected chi connectivity index (χ0v) is 14.1. The Kier molecular flexibility index (Phi) is 5.18. The number of rotatable bonds is 4. The molecule has 0 saturated carbocycles. The van der Waals surface area contributed by atoms with Crippen molar-refractivity contribution < 1.29 is 23.1 Å². The van der Waals surface area contributed by atoms with E-state index in [-0.39, 0.29) is 5.75 Å². The summed E-state index contributed by atoms with van der Waals surface area (Å²) >= 11 is 0. The van der Waals surface area contributed by atoms with Crippen LogP contribution < -0.4 is 10.6 Å². The minimum Gasteiger partial charge on any atom is -0.507 e. The first kappa shape index (κ1) is 18.8. The van der Waals surface area contributed by atoms with Crippen molar-refractivity contribution in [2.24, 2.45) is 0 Å². The van der Waals surface area contributed by atoms with E-state index in [2.05, 4.69) is 10.6 Å². The minimum atomic E-state index is -1.67. The molecule has 0 atom stereocenters. The molecule has 0 aliphatic carbocycles. The second-order valence-electron chi connectivity index (χ2n) is 5.67. The van der Waals surface area contributed by atoms with Crippen molar-refractivity contribution >= 4 is 28.1 Å². The van der Waals surface area contributed by atoms with Crippen LogP contribution in [0.5, 0.6) is 5.75 Å². The highest BCUT2D eigenvalue weighted by molar-refractivity contribution is 6.11. The number of anilines is 2. The number of halogens is 3. The van der Waals surface area contributed by atoms with Crippen LogP contribution in [0.3, 0.4) is 0 Å². The van der Waals surface area contributed by atoms with Gasteiger partial charge < -0.3 is 15.7 Å². The summed E-state index contributed by atoms with van der Waals surface area (Å²) in [6.45, 7) is 0. The molecule has 28 heavy (non-hydrogen) atoms. The third kappa shape index (κ3) is 3.59. The van der Waals surface area contributed by atoms with E-state index in [4.69, 9.17) is 0 Å². The number of amides is 1. The summed E-state index contributed by atoms with van der Waals surface area (Å²) in [7, 11) is 0. The molecule has 5 nitrogen and oxygen atoms in total. The fourth-order valence-corrected chi connectivity index (χ4v) is 2.53. The van der Waals surface area contributed by atoms with Gasteiger partial charge in [-0.2, -0.15) is 5.26 Å². The van der Waals surface area contributed by atoms with Gasteiger partial charge in [-0.05, 0) is 24.3 Å². The maximum atomic E-state index is 13.7. The van der Waals surface area contributed by atoms with E-state index in [0.717, 1.165) is 12.3 Å². The van der Waals surface area contributed by atoms with E-state index in [1.165, 1.54) is 6.07 Å². The van der Waals surface area contributed by atoms with Crippen LogP contribution in [0.1, 0.15) is 0 Å².